The van der Waals surface area contributed by atoms with Crippen molar-refractivity contribution in [2.24, 2.45) is 5.92 Å². The second kappa shape index (κ2) is 11.5. The van der Waals surface area contributed by atoms with Crippen LogP contribution in [-0.2, 0) is 21.5 Å². The monoisotopic (exact) mass is 571 g/mol. The van der Waals surface area contributed by atoms with Gasteiger partial charge < -0.3 is 19.7 Å². The van der Waals surface area contributed by atoms with Crippen molar-refractivity contribution in [2.75, 3.05) is 33.2 Å². The molecule has 1 aliphatic carbocycles. The van der Waals surface area contributed by atoms with Gasteiger partial charge in [0.25, 0.3) is 11.5 Å². The van der Waals surface area contributed by atoms with E-state index in [0.29, 0.717) is 18.8 Å². The Labute approximate surface area is 244 Å². The highest BCUT2D eigenvalue weighted by Gasteiger charge is 2.47. The maximum absolute atomic E-state index is 14.4. The summed E-state index contributed by atoms with van der Waals surface area (Å²) in [5.74, 6) is -0.598. The number of pyridine rings is 1. The maximum Gasteiger partial charge on any atom is 0.263 e. The molecule has 6 rings (SSSR count). The highest BCUT2D eigenvalue weighted by molar-refractivity contribution is 5.93. The Balaban J connectivity index is 1.32. The standard InChI is InChI=1S/C31H37N7O4/c1-35-16-14-32-27(39)17-22-18-37(30(42)31(12-6-3-7-13-31)23-9-4-2-5-10-23)21-26(22)38-20-24(33-34-38)19-36-15-8-11-25(28(35)40)29(36)41/h2,4-5,8-11,15,20,22,26H,3,6-7,12-14,16-19,21H2,1H3,(H,32,39)/t22-,26+/m0/s1. The molecule has 0 spiro atoms. The molecule has 2 aliphatic heterocycles. The second-order valence-corrected chi connectivity index (χ2v) is 11.9. The number of hydrogen-bond donors (Lipinski definition) is 1. The van der Waals surface area contributed by atoms with Crippen LogP contribution < -0.4 is 10.9 Å². The van der Waals surface area contributed by atoms with Crippen LogP contribution in [0.15, 0.2) is 59.7 Å². The van der Waals surface area contributed by atoms with Crippen LogP contribution in [0.4, 0.5) is 0 Å². The largest absolute Gasteiger partial charge is 0.354 e. The van der Waals surface area contributed by atoms with Gasteiger partial charge in [-0.05, 0) is 30.5 Å². The molecule has 11 heteroatoms. The minimum atomic E-state index is -0.562. The van der Waals surface area contributed by atoms with Crippen LogP contribution in [0, 0.1) is 5.92 Å². The Bertz CT molecular complexity index is 1530. The Morgan fingerprint density at radius 1 is 1.00 bits per heavy atom. The number of amides is 3. The fourth-order valence-corrected chi connectivity index (χ4v) is 6.89. The quantitative estimate of drug-likeness (QED) is 0.502. The predicted octanol–water partition coefficient (Wildman–Crippen LogP) is 1.98. The van der Waals surface area contributed by atoms with Gasteiger partial charge in [-0.15, -0.1) is 5.10 Å². The second-order valence-electron chi connectivity index (χ2n) is 11.9. The molecule has 0 unspecified atom stereocenters. The highest BCUT2D eigenvalue weighted by atomic mass is 16.2. The number of hydrogen-bond acceptors (Lipinski definition) is 6. The normalized spacial score (nSPS) is 22.9. The molecule has 0 radical (unpaired) electrons. The van der Waals surface area contributed by atoms with Crippen LogP contribution in [0.25, 0.3) is 0 Å². The number of fused-ring (bicyclic) bond motifs is 6. The molecule has 220 valence electrons. The number of rotatable bonds is 2. The molecular formula is C31H37N7O4. The van der Waals surface area contributed by atoms with Crippen molar-refractivity contribution in [1.82, 2.24) is 34.7 Å². The molecule has 4 bridgehead atoms. The number of nitrogens with zero attached hydrogens (tertiary/aromatic N) is 6. The lowest BCUT2D eigenvalue weighted by Crippen LogP contribution is -2.47. The van der Waals surface area contributed by atoms with Crippen LogP contribution in [0.5, 0.6) is 0 Å². The Kier molecular flexibility index (Phi) is 7.66. The van der Waals surface area contributed by atoms with Crippen LogP contribution >= 0.6 is 0 Å². The van der Waals surface area contributed by atoms with E-state index in [1.165, 1.54) is 15.5 Å². The first-order valence-electron chi connectivity index (χ1n) is 14.8. The lowest BCUT2D eigenvalue weighted by Gasteiger charge is -2.39. The SMILES string of the molecule is CN1CCNC(=O)C[C@H]2CN(C(=O)C3(c4ccccc4)CCCCC3)C[C@H]2n2cc(nn2)Cn2cccc(c2=O)C1=O. The van der Waals surface area contributed by atoms with E-state index >= 15 is 0 Å². The van der Waals surface area contributed by atoms with Crippen molar-refractivity contribution in [3.05, 3.63) is 82.0 Å². The van der Waals surface area contributed by atoms with E-state index < -0.39 is 16.9 Å². The summed E-state index contributed by atoms with van der Waals surface area (Å²) in [4.78, 5) is 57.0. The van der Waals surface area contributed by atoms with E-state index in [9.17, 15) is 19.2 Å². The van der Waals surface area contributed by atoms with E-state index in [-0.39, 0.29) is 55.4 Å². The minimum absolute atomic E-state index is 0.0610. The number of likely N-dealkylation sites (tertiary alicyclic amines) is 1. The molecular weight excluding hydrogens is 534 g/mol. The van der Waals surface area contributed by atoms with Crippen molar-refractivity contribution in [3.63, 3.8) is 0 Å². The number of carbonyl (C=O) groups is 3. The molecule has 1 saturated carbocycles. The summed E-state index contributed by atoms with van der Waals surface area (Å²) in [5, 5.41) is 11.7. The van der Waals surface area contributed by atoms with Gasteiger partial charge in [-0.25, -0.2) is 4.68 Å². The summed E-state index contributed by atoms with van der Waals surface area (Å²) in [7, 11) is 1.62. The number of carbonyl (C=O) groups excluding carboxylic acids is 3. The van der Waals surface area contributed by atoms with Crippen molar-refractivity contribution in [1.29, 1.82) is 0 Å². The Hall–Kier alpha value is -4.28. The van der Waals surface area contributed by atoms with Gasteiger partial charge in [-0.1, -0.05) is 54.8 Å². The summed E-state index contributed by atoms with van der Waals surface area (Å²) in [6.07, 6.45) is 8.41. The van der Waals surface area contributed by atoms with Gasteiger partial charge in [0.05, 0.1) is 24.2 Å². The van der Waals surface area contributed by atoms with Gasteiger partial charge in [0.2, 0.25) is 11.8 Å². The van der Waals surface area contributed by atoms with Crippen LogP contribution in [0.2, 0.25) is 0 Å². The van der Waals surface area contributed by atoms with E-state index in [1.54, 1.807) is 30.2 Å². The van der Waals surface area contributed by atoms with Gasteiger partial charge in [0, 0.05) is 51.8 Å². The summed E-state index contributed by atoms with van der Waals surface area (Å²) < 4.78 is 3.20. The number of nitrogens with one attached hydrogen (secondary N) is 1. The molecule has 1 aromatic carbocycles. The van der Waals surface area contributed by atoms with Crippen molar-refractivity contribution in [3.8, 4) is 0 Å². The average Bonchev–Trinajstić information content (AvgIpc) is 3.64. The summed E-state index contributed by atoms with van der Waals surface area (Å²) in [6, 6.07) is 13.1. The molecule has 3 amide bonds. The molecule has 2 atom stereocenters. The van der Waals surface area contributed by atoms with Gasteiger partial charge >= 0.3 is 0 Å². The molecule has 2 aromatic heterocycles. The third-order valence-electron chi connectivity index (χ3n) is 9.18. The van der Waals surface area contributed by atoms with Crippen LogP contribution in [-0.4, -0.2) is 80.3 Å². The fourth-order valence-electron chi connectivity index (χ4n) is 6.89. The minimum Gasteiger partial charge on any atom is -0.354 e. The molecule has 4 heterocycles. The van der Waals surface area contributed by atoms with Gasteiger partial charge in [0.1, 0.15) is 11.3 Å². The van der Waals surface area contributed by atoms with Crippen molar-refractivity contribution >= 4 is 17.7 Å². The molecule has 11 nitrogen and oxygen atoms in total. The lowest BCUT2D eigenvalue weighted by atomic mass is 9.68. The zero-order chi connectivity index (χ0) is 29.3. The van der Waals surface area contributed by atoms with E-state index in [0.717, 1.165) is 37.7 Å². The van der Waals surface area contributed by atoms with E-state index in [1.807, 2.05) is 23.1 Å². The number of aromatic nitrogens is 4. The third-order valence-corrected chi connectivity index (χ3v) is 9.18. The number of likely N-dealkylation sites (N-methyl/N-ethyl adjacent to an activating group) is 1. The number of benzene rings is 1. The predicted molar refractivity (Wildman–Crippen MR) is 155 cm³/mol. The van der Waals surface area contributed by atoms with E-state index in [2.05, 4.69) is 27.8 Å². The van der Waals surface area contributed by atoms with Crippen LogP contribution in [0.1, 0.15) is 66.2 Å². The zero-order valence-corrected chi connectivity index (χ0v) is 23.9. The first-order valence-corrected chi connectivity index (χ1v) is 14.8. The van der Waals surface area contributed by atoms with Gasteiger partial charge in [-0.2, -0.15) is 0 Å². The summed E-state index contributed by atoms with van der Waals surface area (Å²) in [5.41, 5.74) is 0.712. The van der Waals surface area contributed by atoms with Crippen molar-refractivity contribution in [2.45, 2.75) is 56.5 Å². The third kappa shape index (κ3) is 5.23. The Morgan fingerprint density at radius 3 is 2.57 bits per heavy atom. The Morgan fingerprint density at radius 2 is 1.79 bits per heavy atom. The summed E-state index contributed by atoms with van der Waals surface area (Å²) in [6.45, 7) is 1.55. The van der Waals surface area contributed by atoms with Gasteiger partial charge in [0.15, 0.2) is 0 Å². The maximum atomic E-state index is 14.4. The molecule has 3 aromatic rings. The fraction of sp³-hybridized carbons (Fsp3) is 0.484. The lowest BCUT2D eigenvalue weighted by molar-refractivity contribution is -0.138. The van der Waals surface area contributed by atoms with Gasteiger partial charge in [-0.3, -0.25) is 19.2 Å². The summed E-state index contributed by atoms with van der Waals surface area (Å²) >= 11 is 0. The smallest absolute Gasteiger partial charge is 0.263 e. The first kappa shape index (κ1) is 27.9. The van der Waals surface area contributed by atoms with E-state index in [4.69, 9.17) is 0 Å². The topological polar surface area (TPSA) is 122 Å². The molecule has 42 heavy (non-hydrogen) atoms. The van der Waals surface area contributed by atoms with Crippen LogP contribution in [0.3, 0.4) is 0 Å². The average molecular weight is 572 g/mol. The van der Waals surface area contributed by atoms with Crippen molar-refractivity contribution < 1.29 is 14.4 Å². The highest BCUT2D eigenvalue weighted by Crippen LogP contribution is 2.43. The molecule has 1 N–H and O–H groups in total. The molecule has 3 aliphatic rings. The molecule has 2 fully saturated rings. The zero-order valence-electron chi connectivity index (χ0n) is 23.9. The molecule has 1 saturated heterocycles. The first-order chi connectivity index (χ1) is 20.4.